The Labute approximate surface area is 173 Å². The molecule has 0 heterocycles. The summed E-state index contributed by atoms with van der Waals surface area (Å²) in [4.78, 5) is 11.6. The molecule has 0 rings (SSSR count). The van der Waals surface area contributed by atoms with Gasteiger partial charge in [0.2, 0.25) is 6.73 Å². The van der Waals surface area contributed by atoms with Crippen molar-refractivity contribution < 1.29 is 31.0 Å². The third kappa shape index (κ3) is 23.6. The molecule has 0 aromatic heterocycles. The average molecular weight is 435 g/mol. The Hall–Kier alpha value is -0.350. The van der Waals surface area contributed by atoms with Gasteiger partial charge in [-0.2, -0.15) is 0 Å². The zero-order valence-corrected chi connectivity index (χ0v) is 19.5. The molecule has 0 saturated carbocycles. The number of nitrogens with zero attached hydrogens (tertiary/aromatic N) is 1. The van der Waals surface area contributed by atoms with Crippen molar-refractivity contribution in [2.45, 2.75) is 96.8 Å². The molecule has 0 aromatic rings. The van der Waals surface area contributed by atoms with E-state index in [2.05, 4.69) is 19.1 Å². The first kappa shape index (κ1) is 27.9. The Kier molecular flexibility index (Phi) is 20.8. The summed E-state index contributed by atoms with van der Waals surface area (Å²) in [6, 6.07) is 0. The third-order valence-electron chi connectivity index (χ3n) is 4.26. The van der Waals surface area contributed by atoms with Crippen LogP contribution in [0.3, 0.4) is 0 Å². The maximum absolute atomic E-state index is 11.6. The van der Waals surface area contributed by atoms with Crippen molar-refractivity contribution in [3.05, 3.63) is 12.2 Å². The summed E-state index contributed by atoms with van der Waals surface area (Å²) in [7, 11) is 6.07. The highest BCUT2D eigenvalue weighted by Gasteiger charge is 2.10. The summed E-state index contributed by atoms with van der Waals surface area (Å²) < 4.78 is 5.91. The van der Waals surface area contributed by atoms with E-state index in [1.807, 2.05) is 21.1 Å². The number of rotatable bonds is 17. The lowest BCUT2D eigenvalue weighted by Gasteiger charge is -2.22. The van der Waals surface area contributed by atoms with Crippen LogP contribution in [0, 0.1) is 0 Å². The molecule has 0 aliphatic heterocycles. The molecule has 0 amide bonds. The number of allylic oxidation sites excluding steroid dienone is 2. The van der Waals surface area contributed by atoms with E-state index in [1.165, 1.54) is 70.6 Å². The monoisotopic (exact) mass is 433 g/mol. The highest BCUT2D eigenvalue weighted by molar-refractivity contribution is 5.69. The first-order chi connectivity index (χ1) is 12.0. The van der Waals surface area contributed by atoms with Crippen molar-refractivity contribution in [1.29, 1.82) is 0 Å². The van der Waals surface area contributed by atoms with Gasteiger partial charge >= 0.3 is 5.97 Å². The van der Waals surface area contributed by atoms with E-state index in [1.54, 1.807) is 0 Å². The molecule has 0 fully saturated rings. The van der Waals surface area contributed by atoms with Gasteiger partial charge in [0.25, 0.3) is 0 Å². The lowest BCUT2D eigenvalue weighted by Crippen LogP contribution is -3.00. The number of quaternary nitrogens is 1. The fraction of sp³-hybridized carbons (Fsp3) is 0.864. The normalized spacial score (nSPS) is 11.5. The van der Waals surface area contributed by atoms with Crippen LogP contribution in [0.25, 0.3) is 0 Å². The van der Waals surface area contributed by atoms with Gasteiger partial charge in [0.05, 0.1) is 21.1 Å². The van der Waals surface area contributed by atoms with Crippen molar-refractivity contribution in [1.82, 2.24) is 0 Å². The maximum atomic E-state index is 11.6. The Morgan fingerprint density at radius 2 is 1.23 bits per heavy atom. The molecule has 0 aliphatic rings. The van der Waals surface area contributed by atoms with Gasteiger partial charge in [0.15, 0.2) is 0 Å². The molecule has 156 valence electrons. The Balaban J connectivity index is 0. The van der Waals surface area contributed by atoms with Crippen LogP contribution in [-0.2, 0) is 9.53 Å². The first-order valence-corrected chi connectivity index (χ1v) is 10.6. The van der Waals surface area contributed by atoms with E-state index in [4.69, 9.17) is 4.74 Å². The van der Waals surface area contributed by atoms with E-state index < -0.39 is 0 Å². The molecule has 0 spiro atoms. The van der Waals surface area contributed by atoms with Crippen LogP contribution < -0.4 is 17.0 Å². The van der Waals surface area contributed by atoms with Gasteiger partial charge < -0.3 is 21.7 Å². The zero-order valence-electron chi connectivity index (χ0n) is 17.9. The van der Waals surface area contributed by atoms with E-state index in [0.29, 0.717) is 17.6 Å². The number of hydrogen-bond acceptors (Lipinski definition) is 2. The Morgan fingerprint density at radius 1 is 0.769 bits per heavy atom. The summed E-state index contributed by atoms with van der Waals surface area (Å²) in [6.45, 7) is 2.73. The predicted molar refractivity (Wildman–Crippen MR) is 108 cm³/mol. The summed E-state index contributed by atoms with van der Waals surface area (Å²) in [5.74, 6) is -0.0503. The second-order valence-electron chi connectivity index (χ2n) is 8.27. The van der Waals surface area contributed by atoms with Crippen molar-refractivity contribution in [3.63, 3.8) is 0 Å². The van der Waals surface area contributed by atoms with Crippen molar-refractivity contribution in [3.8, 4) is 0 Å². The minimum absolute atomic E-state index is 0. The minimum Gasteiger partial charge on any atom is -1.00 e. The molecule has 0 aliphatic carbocycles. The molecule has 0 saturated heterocycles. The van der Waals surface area contributed by atoms with Gasteiger partial charge in [-0.1, -0.05) is 70.4 Å². The van der Waals surface area contributed by atoms with E-state index in [0.717, 1.165) is 12.8 Å². The van der Waals surface area contributed by atoms with Gasteiger partial charge in [-0.3, -0.25) is 9.28 Å². The molecule has 4 heteroatoms. The molecule has 0 atom stereocenters. The van der Waals surface area contributed by atoms with E-state index >= 15 is 0 Å². The molecule has 26 heavy (non-hydrogen) atoms. The first-order valence-electron chi connectivity index (χ1n) is 10.6. The molecular formula is C22H44BrNO2. The minimum atomic E-state index is -0.0503. The molecule has 3 nitrogen and oxygen atoms in total. The topological polar surface area (TPSA) is 26.3 Å². The SMILES string of the molecule is CCCCCCCCC=CCCCCCCCC(=O)OC[N+](C)(C)C.[Br-]. The zero-order chi connectivity index (χ0) is 18.8. The molecule has 0 radical (unpaired) electrons. The quantitative estimate of drug-likeness (QED) is 0.116. The molecule has 0 unspecified atom stereocenters. The molecular weight excluding hydrogens is 390 g/mol. The number of unbranched alkanes of at least 4 members (excludes halogenated alkanes) is 11. The van der Waals surface area contributed by atoms with Crippen LogP contribution in [0.15, 0.2) is 12.2 Å². The average Bonchev–Trinajstić information content (AvgIpc) is 2.56. The van der Waals surface area contributed by atoms with Crippen LogP contribution in [0.2, 0.25) is 0 Å². The Morgan fingerprint density at radius 3 is 1.73 bits per heavy atom. The van der Waals surface area contributed by atoms with Gasteiger partial charge in [-0.15, -0.1) is 0 Å². The fourth-order valence-corrected chi connectivity index (χ4v) is 2.68. The number of hydrogen-bond donors (Lipinski definition) is 0. The largest absolute Gasteiger partial charge is 1.00 e. The second-order valence-corrected chi connectivity index (χ2v) is 8.27. The van der Waals surface area contributed by atoms with Crippen LogP contribution in [0.1, 0.15) is 96.8 Å². The number of esters is 1. The maximum Gasteiger partial charge on any atom is 0.310 e. The highest BCUT2D eigenvalue weighted by atomic mass is 79.9. The van der Waals surface area contributed by atoms with Gasteiger partial charge in [-0.25, -0.2) is 0 Å². The smallest absolute Gasteiger partial charge is 0.310 e. The number of carbonyl (C=O) groups is 1. The molecule has 0 bridgehead atoms. The van der Waals surface area contributed by atoms with Gasteiger partial charge in [0, 0.05) is 6.42 Å². The predicted octanol–water partition coefficient (Wildman–Crippen LogP) is 3.23. The summed E-state index contributed by atoms with van der Waals surface area (Å²) in [5, 5.41) is 0. The van der Waals surface area contributed by atoms with E-state index in [-0.39, 0.29) is 23.0 Å². The van der Waals surface area contributed by atoms with Crippen LogP contribution in [-0.4, -0.2) is 38.3 Å². The summed E-state index contributed by atoms with van der Waals surface area (Å²) in [5.41, 5.74) is 0. The van der Waals surface area contributed by atoms with Crippen molar-refractivity contribution in [2.75, 3.05) is 27.9 Å². The second kappa shape index (κ2) is 19.4. The summed E-state index contributed by atoms with van der Waals surface area (Å²) in [6.07, 6.45) is 21.9. The third-order valence-corrected chi connectivity index (χ3v) is 4.26. The lowest BCUT2D eigenvalue weighted by molar-refractivity contribution is -0.888. The highest BCUT2D eigenvalue weighted by Crippen LogP contribution is 2.10. The molecule has 0 aromatic carbocycles. The van der Waals surface area contributed by atoms with Crippen LogP contribution >= 0.6 is 0 Å². The van der Waals surface area contributed by atoms with Gasteiger partial charge in [0.1, 0.15) is 0 Å². The number of carbonyl (C=O) groups excluding carboxylic acids is 1. The fourth-order valence-electron chi connectivity index (χ4n) is 2.68. The van der Waals surface area contributed by atoms with Crippen LogP contribution in [0.5, 0.6) is 0 Å². The van der Waals surface area contributed by atoms with Crippen LogP contribution in [0.4, 0.5) is 0 Å². The molecule has 0 N–H and O–H groups in total. The standard InChI is InChI=1S/C22H44NO2.BrH/c1-5-6-7-8-9-10-11-12-13-14-15-16-17-18-19-20-22(24)25-21-23(2,3)4;/h12-13H,5-11,14-21H2,1-4H3;1H/q+1;/p-1. The van der Waals surface area contributed by atoms with Crippen molar-refractivity contribution >= 4 is 5.97 Å². The van der Waals surface area contributed by atoms with E-state index in [9.17, 15) is 4.79 Å². The number of ether oxygens (including phenoxy) is 1. The van der Waals surface area contributed by atoms with Crippen molar-refractivity contribution in [2.24, 2.45) is 0 Å². The Bertz CT molecular complexity index is 338. The summed E-state index contributed by atoms with van der Waals surface area (Å²) >= 11 is 0. The lowest BCUT2D eigenvalue weighted by atomic mass is 10.1. The number of halogens is 1. The van der Waals surface area contributed by atoms with Gasteiger partial charge in [-0.05, 0) is 32.1 Å².